The summed E-state index contributed by atoms with van der Waals surface area (Å²) in [7, 11) is 0. The molecule has 0 aromatic heterocycles. The van der Waals surface area contributed by atoms with Crippen LogP contribution in [0.15, 0.2) is 24.3 Å². The maximum absolute atomic E-state index is 11.6. The maximum atomic E-state index is 11.6. The number of anilines is 1. The van der Waals surface area contributed by atoms with E-state index in [0.717, 1.165) is 17.7 Å². The summed E-state index contributed by atoms with van der Waals surface area (Å²) in [6, 6.07) is 7.63. The monoisotopic (exact) mass is 250 g/mol. The molecule has 100 valence electrons. The molecule has 1 amide bonds. The zero-order valence-electron chi connectivity index (χ0n) is 11.1. The van der Waals surface area contributed by atoms with Crippen molar-refractivity contribution in [1.29, 1.82) is 0 Å². The summed E-state index contributed by atoms with van der Waals surface area (Å²) in [6.45, 7) is 5.20. The Labute approximate surface area is 109 Å². The van der Waals surface area contributed by atoms with Gasteiger partial charge in [0, 0.05) is 31.4 Å². The van der Waals surface area contributed by atoms with Crippen LogP contribution < -0.4 is 11.1 Å². The Morgan fingerprint density at radius 2 is 2.06 bits per heavy atom. The minimum atomic E-state index is 0.0148. The minimum Gasteiger partial charge on any atom is -0.382 e. The van der Waals surface area contributed by atoms with E-state index in [-0.39, 0.29) is 11.9 Å². The fourth-order valence-electron chi connectivity index (χ4n) is 1.57. The van der Waals surface area contributed by atoms with E-state index in [4.69, 9.17) is 10.5 Å². The van der Waals surface area contributed by atoms with Crippen molar-refractivity contribution in [2.45, 2.75) is 32.7 Å². The summed E-state index contributed by atoms with van der Waals surface area (Å²) in [6.07, 6.45) is 1.23. The molecule has 3 N–H and O–H groups in total. The molecule has 0 saturated heterocycles. The standard InChI is InChI=1S/C14H22N2O2/c1-3-18-10-4-5-14(17)16-13-8-6-12(7-9-13)11(2)15/h6-9,11H,3-5,10,15H2,1-2H3,(H,16,17). The van der Waals surface area contributed by atoms with Gasteiger partial charge in [-0.3, -0.25) is 4.79 Å². The fourth-order valence-corrected chi connectivity index (χ4v) is 1.57. The number of hydrogen-bond donors (Lipinski definition) is 2. The third-order valence-corrected chi connectivity index (χ3v) is 2.62. The third kappa shape index (κ3) is 5.29. The molecule has 18 heavy (non-hydrogen) atoms. The molecule has 0 bridgehead atoms. The van der Waals surface area contributed by atoms with Gasteiger partial charge in [-0.15, -0.1) is 0 Å². The molecule has 1 rings (SSSR count). The summed E-state index contributed by atoms with van der Waals surface area (Å²) in [5.74, 6) is 0.0169. The minimum absolute atomic E-state index is 0.0148. The van der Waals surface area contributed by atoms with Crippen LogP contribution in [-0.4, -0.2) is 19.1 Å². The highest BCUT2D eigenvalue weighted by molar-refractivity contribution is 5.90. The normalized spacial score (nSPS) is 12.2. The van der Waals surface area contributed by atoms with Gasteiger partial charge in [-0.1, -0.05) is 12.1 Å². The molecular formula is C14H22N2O2. The highest BCUT2D eigenvalue weighted by Gasteiger charge is 2.03. The van der Waals surface area contributed by atoms with Gasteiger partial charge in [0.25, 0.3) is 0 Å². The number of nitrogens with one attached hydrogen (secondary N) is 1. The SMILES string of the molecule is CCOCCCC(=O)Nc1ccc(C(C)N)cc1. The first-order chi connectivity index (χ1) is 8.63. The van der Waals surface area contributed by atoms with Crippen molar-refractivity contribution in [3.05, 3.63) is 29.8 Å². The Morgan fingerprint density at radius 3 is 2.61 bits per heavy atom. The number of benzene rings is 1. The first kappa shape index (κ1) is 14.7. The lowest BCUT2D eigenvalue weighted by atomic mass is 10.1. The van der Waals surface area contributed by atoms with Gasteiger partial charge in [-0.25, -0.2) is 0 Å². The second kappa shape index (κ2) is 7.84. The highest BCUT2D eigenvalue weighted by atomic mass is 16.5. The average Bonchev–Trinajstić information content (AvgIpc) is 2.35. The van der Waals surface area contributed by atoms with Crippen molar-refractivity contribution in [3.63, 3.8) is 0 Å². The fraction of sp³-hybridized carbons (Fsp3) is 0.500. The summed E-state index contributed by atoms with van der Waals surface area (Å²) in [5.41, 5.74) is 7.62. The number of carbonyl (C=O) groups is 1. The van der Waals surface area contributed by atoms with Crippen molar-refractivity contribution in [3.8, 4) is 0 Å². The third-order valence-electron chi connectivity index (χ3n) is 2.62. The van der Waals surface area contributed by atoms with E-state index in [9.17, 15) is 4.79 Å². The number of amides is 1. The van der Waals surface area contributed by atoms with Gasteiger partial charge in [0.05, 0.1) is 0 Å². The second-order valence-corrected chi connectivity index (χ2v) is 4.26. The highest BCUT2D eigenvalue weighted by Crippen LogP contribution is 2.14. The molecule has 0 saturated carbocycles. The summed E-state index contributed by atoms with van der Waals surface area (Å²) < 4.78 is 5.18. The van der Waals surface area contributed by atoms with E-state index in [0.29, 0.717) is 19.6 Å². The van der Waals surface area contributed by atoms with Crippen molar-refractivity contribution < 1.29 is 9.53 Å². The van der Waals surface area contributed by atoms with Crippen LogP contribution in [0.1, 0.15) is 38.3 Å². The lowest BCUT2D eigenvalue weighted by Crippen LogP contribution is -2.12. The second-order valence-electron chi connectivity index (χ2n) is 4.26. The van der Waals surface area contributed by atoms with Gasteiger partial charge in [0.1, 0.15) is 0 Å². The molecular weight excluding hydrogens is 228 g/mol. The van der Waals surface area contributed by atoms with Gasteiger partial charge in [0.15, 0.2) is 0 Å². The summed E-state index contributed by atoms with van der Waals surface area (Å²) in [4.78, 5) is 11.6. The molecule has 4 nitrogen and oxygen atoms in total. The summed E-state index contributed by atoms with van der Waals surface area (Å²) in [5, 5.41) is 2.85. The molecule has 0 heterocycles. The van der Waals surface area contributed by atoms with Crippen LogP contribution in [-0.2, 0) is 9.53 Å². The Kier molecular flexibility index (Phi) is 6.39. The molecule has 0 aliphatic rings. The van der Waals surface area contributed by atoms with Crippen LogP contribution in [0.3, 0.4) is 0 Å². The molecule has 4 heteroatoms. The molecule has 1 aromatic rings. The van der Waals surface area contributed by atoms with Crippen LogP contribution >= 0.6 is 0 Å². The van der Waals surface area contributed by atoms with Crippen molar-refractivity contribution in [2.75, 3.05) is 18.5 Å². The zero-order valence-corrected chi connectivity index (χ0v) is 11.1. The smallest absolute Gasteiger partial charge is 0.224 e. The predicted octanol–water partition coefficient (Wildman–Crippen LogP) is 2.46. The zero-order chi connectivity index (χ0) is 13.4. The Balaban J connectivity index is 2.35. The first-order valence-corrected chi connectivity index (χ1v) is 6.36. The van der Waals surface area contributed by atoms with Gasteiger partial charge in [-0.2, -0.15) is 0 Å². The van der Waals surface area contributed by atoms with E-state index in [2.05, 4.69) is 5.32 Å². The van der Waals surface area contributed by atoms with Gasteiger partial charge >= 0.3 is 0 Å². The van der Waals surface area contributed by atoms with Crippen molar-refractivity contribution >= 4 is 11.6 Å². The quantitative estimate of drug-likeness (QED) is 0.731. The van der Waals surface area contributed by atoms with E-state index in [1.54, 1.807) is 0 Å². The Morgan fingerprint density at radius 1 is 1.39 bits per heavy atom. The Hall–Kier alpha value is -1.39. The molecule has 1 atom stereocenters. The largest absolute Gasteiger partial charge is 0.382 e. The molecule has 0 aliphatic heterocycles. The predicted molar refractivity (Wildman–Crippen MR) is 73.4 cm³/mol. The average molecular weight is 250 g/mol. The molecule has 0 fully saturated rings. The van der Waals surface area contributed by atoms with Crippen molar-refractivity contribution in [1.82, 2.24) is 0 Å². The van der Waals surface area contributed by atoms with Crippen LogP contribution in [0.5, 0.6) is 0 Å². The van der Waals surface area contributed by atoms with E-state index in [1.165, 1.54) is 0 Å². The lowest BCUT2D eigenvalue weighted by molar-refractivity contribution is -0.116. The molecule has 1 unspecified atom stereocenters. The number of nitrogens with two attached hydrogens (primary N) is 1. The van der Waals surface area contributed by atoms with Gasteiger partial charge in [0.2, 0.25) is 5.91 Å². The van der Waals surface area contributed by atoms with Crippen LogP contribution in [0, 0.1) is 0 Å². The summed E-state index contributed by atoms with van der Waals surface area (Å²) >= 11 is 0. The molecule has 0 radical (unpaired) electrons. The van der Waals surface area contributed by atoms with E-state index < -0.39 is 0 Å². The number of ether oxygens (including phenoxy) is 1. The number of carbonyl (C=O) groups excluding carboxylic acids is 1. The topological polar surface area (TPSA) is 64.3 Å². The maximum Gasteiger partial charge on any atom is 0.224 e. The number of rotatable bonds is 7. The van der Waals surface area contributed by atoms with E-state index in [1.807, 2.05) is 38.1 Å². The number of hydrogen-bond acceptors (Lipinski definition) is 3. The van der Waals surface area contributed by atoms with Crippen LogP contribution in [0.4, 0.5) is 5.69 Å². The molecule has 1 aromatic carbocycles. The van der Waals surface area contributed by atoms with Gasteiger partial charge in [-0.05, 0) is 38.0 Å². The molecule has 0 spiro atoms. The van der Waals surface area contributed by atoms with Gasteiger partial charge < -0.3 is 15.8 Å². The first-order valence-electron chi connectivity index (χ1n) is 6.36. The lowest BCUT2D eigenvalue weighted by Gasteiger charge is -2.08. The molecule has 0 aliphatic carbocycles. The van der Waals surface area contributed by atoms with Crippen LogP contribution in [0.2, 0.25) is 0 Å². The van der Waals surface area contributed by atoms with E-state index >= 15 is 0 Å². The van der Waals surface area contributed by atoms with Crippen LogP contribution in [0.25, 0.3) is 0 Å². The van der Waals surface area contributed by atoms with Crippen molar-refractivity contribution in [2.24, 2.45) is 5.73 Å². The Bertz CT molecular complexity index is 361.